The number of amides is 2. The largest absolute Gasteiger partial charge is 0.444 e. The van der Waals surface area contributed by atoms with E-state index >= 15 is 0 Å². The van der Waals surface area contributed by atoms with Gasteiger partial charge in [0.1, 0.15) is 5.70 Å². The van der Waals surface area contributed by atoms with Crippen LogP contribution in [0.15, 0.2) is 16.8 Å². The quantitative estimate of drug-likeness (QED) is 0.456. The molecule has 1 rings (SSSR count). The highest BCUT2D eigenvalue weighted by atomic mass is 16.2. The summed E-state index contributed by atoms with van der Waals surface area (Å²) in [6.07, 6.45) is 3.30. The molecule has 1 heterocycles. The number of nitrogens with zero attached hydrogens (tertiary/aromatic N) is 1. The van der Waals surface area contributed by atoms with Crippen LogP contribution in [0.4, 0.5) is 4.79 Å². The fourth-order valence-corrected chi connectivity index (χ4v) is 0.508. The first-order valence-corrected chi connectivity index (χ1v) is 2.39. The highest BCUT2D eigenvalue weighted by Gasteiger charge is 2.05. The molecule has 0 saturated heterocycles. The number of hydrogen-bond acceptors (Lipinski definition) is 1. The van der Waals surface area contributed by atoms with Gasteiger partial charge in [0.15, 0.2) is 0 Å². The standard InChI is InChI=1S/C5H6N2O/c1-4-2-3-6-5(8)7-4/h2-3H,1H3,(H,6,7,8)/p+1. The van der Waals surface area contributed by atoms with E-state index in [1.165, 1.54) is 11.5 Å². The van der Waals surface area contributed by atoms with E-state index in [0.29, 0.717) is 0 Å². The number of quaternary nitrogens is 1. The summed E-state index contributed by atoms with van der Waals surface area (Å²) in [7, 11) is 0. The Morgan fingerprint density at radius 2 is 2.50 bits per heavy atom. The lowest BCUT2D eigenvalue weighted by molar-refractivity contribution is -0.500. The minimum absolute atomic E-state index is 0.162. The number of allylic oxidation sites excluding steroid dienone is 2. The Kier molecular flexibility index (Phi) is 1.22. The van der Waals surface area contributed by atoms with Gasteiger partial charge in [0.2, 0.25) is 0 Å². The minimum atomic E-state index is -0.162. The lowest BCUT2D eigenvalue weighted by Crippen LogP contribution is -2.85. The second kappa shape index (κ2) is 1.88. The van der Waals surface area contributed by atoms with Gasteiger partial charge in [-0.3, -0.25) is 0 Å². The zero-order valence-electron chi connectivity index (χ0n) is 4.59. The van der Waals surface area contributed by atoms with Crippen molar-refractivity contribution in [3.63, 3.8) is 0 Å². The Morgan fingerprint density at radius 1 is 1.75 bits per heavy atom. The number of carbonyl (C=O) groups is 1. The Hall–Kier alpha value is -0.960. The second-order valence-corrected chi connectivity index (χ2v) is 1.67. The van der Waals surface area contributed by atoms with Crippen LogP contribution in [0.3, 0.4) is 0 Å². The fraction of sp³-hybridized carbons (Fsp3) is 0.200. The molecular formula is C5H7N2O+. The molecule has 0 aromatic heterocycles. The zero-order valence-corrected chi connectivity index (χ0v) is 4.59. The van der Waals surface area contributed by atoms with E-state index in [1.54, 1.807) is 6.08 Å². The molecule has 8 heavy (non-hydrogen) atoms. The van der Waals surface area contributed by atoms with Crippen molar-refractivity contribution < 1.29 is 10.1 Å². The normalized spacial score (nSPS) is 18.6. The molecule has 1 aliphatic rings. The molecule has 0 unspecified atom stereocenters. The van der Waals surface area contributed by atoms with Gasteiger partial charge in [-0.25, -0.2) is 10.1 Å². The summed E-state index contributed by atoms with van der Waals surface area (Å²) in [5.41, 5.74) is 0.963. The van der Waals surface area contributed by atoms with Crippen molar-refractivity contribution in [3.05, 3.63) is 11.8 Å². The summed E-state index contributed by atoms with van der Waals surface area (Å²) >= 11 is 0. The van der Waals surface area contributed by atoms with E-state index in [1.807, 2.05) is 6.92 Å². The van der Waals surface area contributed by atoms with Crippen LogP contribution in [0.25, 0.3) is 0 Å². The number of urea groups is 1. The number of nitrogens with two attached hydrogens (primary N) is 1. The monoisotopic (exact) mass is 111 g/mol. The van der Waals surface area contributed by atoms with Crippen molar-refractivity contribution >= 4 is 12.2 Å². The lowest BCUT2D eigenvalue weighted by Gasteiger charge is -1.94. The number of hydrogen-bond donors (Lipinski definition) is 1. The summed E-state index contributed by atoms with van der Waals surface area (Å²) < 4.78 is 0. The first-order valence-electron chi connectivity index (χ1n) is 2.39. The molecule has 2 N–H and O–H groups in total. The molecule has 0 atom stereocenters. The molecule has 42 valence electrons. The van der Waals surface area contributed by atoms with Crippen LogP contribution in [0, 0.1) is 0 Å². The van der Waals surface area contributed by atoms with Crippen molar-refractivity contribution in [1.82, 2.24) is 0 Å². The van der Waals surface area contributed by atoms with Crippen molar-refractivity contribution in [3.8, 4) is 0 Å². The van der Waals surface area contributed by atoms with Gasteiger partial charge in [-0.15, -0.1) is 0 Å². The van der Waals surface area contributed by atoms with Crippen LogP contribution >= 0.6 is 0 Å². The van der Waals surface area contributed by atoms with Gasteiger partial charge in [-0.05, 0) is 0 Å². The molecule has 2 amide bonds. The van der Waals surface area contributed by atoms with Crippen molar-refractivity contribution in [1.29, 1.82) is 0 Å². The highest BCUT2D eigenvalue weighted by molar-refractivity contribution is 5.85. The van der Waals surface area contributed by atoms with E-state index in [-0.39, 0.29) is 6.03 Å². The molecule has 0 spiro atoms. The smallest absolute Gasteiger partial charge is 0.233 e. The maximum Gasteiger partial charge on any atom is 0.444 e. The second-order valence-electron chi connectivity index (χ2n) is 1.67. The molecule has 0 aromatic carbocycles. The SMILES string of the molecule is CC1=CC=NC(=O)[NH2+]1. The average molecular weight is 111 g/mol. The first kappa shape index (κ1) is 5.18. The number of aliphatic imine (C=N–C) groups is 1. The van der Waals surface area contributed by atoms with Crippen LogP contribution in [0.1, 0.15) is 6.92 Å². The Morgan fingerprint density at radius 3 is 2.88 bits per heavy atom. The summed E-state index contributed by atoms with van der Waals surface area (Å²) in [6, 6.07) is -0.162. The molecule has 3 nitrogen and oxygen atoms in total. The minimum Gasteiger partial charge on any atom is -0.233 e. The van der Waals surface area contributed by atoms with Crippen molar-refractivity contribution in [2.45, 2.75) is 6.92 Å². The Bertz CT molecular complexity index is 169. The van der Waals surface area contributed by atoms with Crippen LogP contribution < -0.4 is 5.32 Å². The molecule has 0 aromatic rings. The van der Waals surface area contributed by atoms with Crippen LogP contribution in [0.2, 0.25) is 0 Å². The molecule has 0 aliphatic carbocycles. The third-order valence-corrected chi connectivity index (χ3v) is 0.890. The maximum absolute atomic E-state index is 10.4. The summed E-state index contributed by atoms with van der Waals surface area (Å²) in [5, 5.41) is 1.50. The van der Waals surface area contributed by atoms with Crippen molar-refractivity contribution in [2.75, 3.05) is 0 Å². The molecule has 0 saturated carbocycles. The van der Waals surface area contributed by atoms with Gasteiger partial charge in [0.25, 0.3) is 0 Å². The van der Waals surface area contributed by atoms with Gasteiger partial charge in [0.05, 0.1) is 0 Å². The summed E-state index contributed by atoms with van der Waals surface area (Å²) in [5.74, 6) is 0. The topological polar surface area (TPSA) is 46.0 Å². The molecular weight excluding hydrogens is 104 g/mol. The van der Waals surface area contributed by atoms with E-state index in [2.05, 4.69) is 4.99 Å². The highest BCUT2D eigenvalue weighted by Crippen LogP contribution is 1.80. The summed E-state index contributed by atoms with van der Waals surface area (Å²) in [6.45, 7) is 1.86. The van der Waals surface area contributed by atoms with Crippen molar-refractivity contribution in [2.24, 2.45) is 4.99 Å². The molecule has 0 radical (unpaired) electrons. The van der Waals surface area contributed by atoms with E-state index < -0.39 is 0 Å². The lowest BCUT2D eigenvalue weighted by atomic mass is 10.4. The predicted molar refractivity (Wildman–Crippen MR) is 29.6 cm³/mol. The van der Waals surface area contributed by atoms with Crippen LogP contribution in [0.5, 0.6) is 0 Å². The van der Waals surface area contributed by atoms with Crippen LogP contribution in [-0.2, 0) is 0 Å². The fourth-order valence-electron chi connectivity index (χ4n) is 0.508. The maximum atomic E-state index is 10.4. The number of rotatable bonds is 0. The van der Waals surface area contributed by atoms with Gasteiger partial charge < -0.3 is 0 Å². The van der Waals surface area contributed by atoms with E-state index in [9.17, 15) is 4.79 Å². The summed E-state index contributed by atoms with van der Waals surface area (Å²) in [4.78, 5) is 13.9. The zero-order chi connectivity index (χ0) is 5.98. The third-order valence-electron chi connectivity index (χ3n) is 0.890. The number of carbonyl (C=O) groups excluding carboxylic acids is 1. The van der Waals surface area contributed by atoms with Crippen LogP contribution in [-0.4, -0.2) is 12.2 Å². The van der Waals surface area contributed by atoms with E-state index in [4.69, 9.17) is 0 Å². The third kappa shape index (κ3) is 1.01. The molecule has 1 aliphatic heterocycles. The van der Waals surface area contributed by atoms with Gasteiger partial charge >= 0.3 is 6.03 Å². The molecule has 0 bridgehead atoms. The van der Waals surface area contributed by atoms with Gasteiger partial charge in [-0.2, -0.15) is 4.99 Å². The Labute approximate surface area is 47.1 Å². The molecule has 0 fully saturated rings. The first-order chi connectivity index (χ1) is 3.79. The predicted octanol–water partition coefficient (Wildman–Crippen LogP) is -0.342. The van der Waals surface area contributed by atoms with Gasteiger partial charge in [-0.1, -0.05) is 0 Å². The molecule has 3 heteroatoms. The average Bonchev–Trinajstić information content (AvgIpc) is 1.64. The van der Waals surface area contributed by atoms with E-state index in [0.717, 1.165) is 5.70 Å². The van der Waals surface area contributed by atoms with Gasteiger partial charge in [0, 0.05) is 19.2 Å². The number of primary amides is 1. The Balaban J connectivity index is 2.73.